The normalized spacial score (nSPS) is 10.2. The van der Waals surface area contributed by atoms with Gasteiger partial charge in [0.15, 0.2) is 0 Å². The highest BCUT2D eigenvalue weighted by Gasteiger charge is 2.08. The molecule has 0 saturated carbocycles. The summed E-state index contributed by atoms with van der Waals surface area (Å²) in [6.45, 7) is 0.504. The van der Waals surface area contributed by atoms with Crippen LogP contribution in [0.1, 0.15) is 33.7 Å². The zero-order valence-corrected chi connectivity index (χ0v) is 20.2. The van der Waals surface area contributed by atoms with Crippen LogP contribution in [-0.2, 0) is 6.54 Å². The maximum atomic E-state index is 12.2. The SMILES string of the molecule is C.O=C(NCc1ccccc1)c1cnc2c(S)cccc2c1.O=C(O)c1cnc2c(S)cccc2c1. The van der Waals surface area contributed by atoms with Crippen molar-refractivity contribution in [3.63, 3.8) is 0 Å². The van der Waals surface area contributed by atoms with Gasteiger partial charge in [0.1, 0.15) is 0 Å². The third-order valence-electron chi connectivity index (χ3n) is 5.18. The third-order valence-corrected chi connectivity index (χ3v) is 5.91. The van der Waals surface area contributed by atoms with Gasteiger partial charge >= 0.3 is 5.97 Å². The minimum atomic E-state index is -0.969. The number of pyridine rings is 2. The Balaban J connectivity index is 0.000000210. The molecule has 0 aliphatic carbocycles. The Kier molecular flexibility index (Phi) is 9.05. The number of benzene rings is 3. The molecule has 0 bridgehead atoms. The highest BCUT2D eigenvalue weighted by Crippen LogP contribution is 2.21. The largest absolute Gasteiger partial charge is 0.478 e. The van der Waals surface area contributed by atoms with Gasteiger partial charge in [-0.2, -0.15) is 0 Å². The predicted octanol–water partition coefficient (Wildman–Crippen LogP) is 6.31. The molecule has 8 heteroatoms. The van der Waals surface area contributed by atoms with Gasteiger partial charge in [-0.1, -0.05) is 62.0 Å². The van der Waals surface area contributed by atoms with E-state index in [2.05, 4.69) is 40.5 Å². The van der Waals surface area contributed by atoms with Crippen molar-refractivity contribution in [2.75, 3.05) is 0 Å². The highest BCUT2D eigenvalue weighted by molar-refractivity contribution is 7.80. The van der Waals surface area contributed by atoms with Crippen molar-refractivity contribution < 1.29 is 14.7 Å². The third kappa shape index (κ3) is 6.41. The number of carboxylic acid groups (broad SMARTS) is 1. The summed E-state index contributed by atoms with van der Waals surface area (Å²) >= 11 is 8.59. The van der Waals surface area contributed by atoms with Gasteiger partial charge < -0.3 is 10.4 Å². The van der Waals surface area contributed by atoms with Crippen LogP contribution >= 0.6 is 25.3 Å². The number of nitrogens with zero attached hydrogens (tertiary/aromatic N) is 2. The van der Waals surface area contributed by atoms with Crippen LogP contribution in [0, 0.1) is 0 Å². The van der Waals surface area contributed by atoms with Crippen molar-refractivity contribution in [1.29, 1.82) is 0 Å². The molecular formula is C28H25N3O3S2. The van der Waals surface area contributed by atoms with Gasteiger partial charge in [-0.25, -0.2) is 4.79 Å². The van der Waals surface area contributed by atoms with E-state index >= 15 is 0 Å². The number of thiol groups is 2. The van der Waals surface area contributed by atoms with Gasteiger partial charge in [0.25, 0.3) is 5.91 Å². The minimum Gasteiger partial charge on any atom is -0.478 e. The summed E-state index contributed by atoms with van der Waals surface area (Å²) in [5.74, 6) is -1.10. The molecule has 2 N–H and O–H groups in total. The van der Waals surface area contributed by atoms with Gasteiger partial charge in [0.2, 0.25) is 0 Å². The lowest BCUT2D eigenvalue weighted by molar-refractivity contribution is 0.0696. The van der Waals surface area contributed by atoms with Gasteiger partial charge in [-0.05, 0) is 29.8 Å². The lowest BCUT2D eigenvalue weighted by Crippen LogP contribution is -2.22. The Morgan fingerprint density at radius 2 is 1.28 bits per heavy atom. The van der Waals surface area contributed by atoms with Crippen molar-refractivity contribution in [3.05, 3.63) is 108 Å². The van der Waals surface area contributed by atoms with E-state index in [0.717, 1.165) is 37.2 Å². The standard InChI is InChI=1S/C17H14N2OS.C10H7NO2S.CH4/c20-17(19-10-12-5-2-1-3-6-12)14-9-13-7-4-8-15(21)16(13)18-11-14;12-10(13)7-4-6-2-1-3-8(14)9(6)11-5-7;/h1-9,11,21H,10H2,(H,19,20);1-5,14H,(H,12,13);1H4. The van der Waals surface area contributed by atoms with Crippen LogP contribution in [0.2, 0.25) is 0 Å². The van der Waals surface area contributed by atoms with Crippen LogP contribution in [0.4, 0.5) is 0 Å². The number of aromatic nitrogens is 2. The van der Waals surface area contributed by atoms with Crippen molar-refractivity contribution >= 4 is 58.9 Å². The number of amides is 1. The zero-order valence-electron chi connectivity index (χ0n) is 18.4. The van der Waals surface area contributed by atoms with E-state index in [1.165, 1.54) is 6.20 Å². The van der Waals surface area contributed by atoms with Gasteiger partial charge in [-0.3, -0.25) is 14.8 Å². The number of aromatic carboxylic acids is 1. The first-order chi connectivity index (χ1) is 16.9. The fourth-order valence-electron chi connectivity index (χ4n) is 3.41. The van der Waals surface area contributed by atoms with E-state index in [1.54, 1.807) is 12.3 Å². The lowest BCUT2D eigenvalue weighted by atomic mass is 10.1. The first-order valence-electron chi connectivity index (χ1n) is 10.6. The quantitative estimate of drug-likeness (QED) is 0.211. The van der Waals surface area contributed by atoms with Crippen molar-refractivity contribution in [3.8, 4) is 0 Å². The molecule has 6 nitrogen and oxygen atoms in total. The molecular weight excluding hydrogens is 490 g/mol. The van der Waals surface area contributed by atoms with Crippen LogP contribution in [0.25, 0.3) is 21.8 Å². The van der Waals surface area contributed by atoms with Crippen LogP contribution in [-0.4, -0.2) is 27.0 Å². The minimum absolute atomic E-state index is 0. The fraction of sp³-hybridized carbons (Fsp3) is 0.0714. The molecule has 0 aliphatic rings. The molecule has 1 amide bonds. The Morgan fingerprint density at radius 1 is 0.750 bits per heavy atom. The molecule has 0 aliphatic heterocycles. The Labute approximate surface area is 220 Å². The number of fused-ring (bicyclic) bond motifs is 2. The van der Waals surface area contributed by atoms with Crippen molar-refractivity contribution in [2.24, 2.45) is 0 Å². The molecule has 0 fully saturated rings. The van der Waals surface area contributed by atoms with Crippen molar-refractivity contribution in [2.45, 2.75) is 23.8 Å². The maximum Gasteiger partial charge on any atom is 0.337 e. The number of carbonyl (C=O) groups is 2. The fourth-order valence-corrected chi connectivity index (χ4v) is 3.96. The smallest absolute Gasteiger partial charge is 0.337 e. The number of hydrogen-bond donors (Lipinski definition) is 4. The molecule has 5 rings (SSSR count). The highest BCUT2D eigenvalue weighted by atomic mass is 32.1. The molecule has 2 heterocycles. The van der Waals surface area contributed by atoms with E-state index in [9.17, 15) is 9.59 Å². The molecule has 36 heavy (non-hydrogen) atoms. The summed E-state index contributed by atoms with van der Waals surface area (Å²) in [6, 6.07) is 24.4. The Hall–Kier alpha value is -3.88. The molecule has 182 valence electrons. The molecule has 0 spiro atoms. The van der Waals surface area contributed by atoms with Gasteiger partial charge in [-0.15, -0.1) is 25.3 Å². The second-order valence-corrected chi connectivity index (χ2v) is 8.58. The molecule has 5 aromatic rings. The van der Waals surface area contributed by atoms with Crippen LogP contribution in [0.15, 0.2) is 101 Å². The Morgan fingerprint density at radius 3 is 1.83 bits per heavy atom. The lowest BCUT2D eigenvalue weighted by Gasteiger charge is -2.06. The van der Waals surface area contributed by atoms with Crippen molar-refractivity contribution in [1.82, 2.24) is 15.3 Å². The summed E-state index contributed by atoms with van der Waals surface area (Å²) < 4.78 is 0. The number of carboxylic acids is 1. The molecule has 0 saturated heterocycles. The summed E-state index contributed by atoms with van der Waals surface area (Å²) in [6.07, 6.45) is 2.92. The number of rotatable bonds is 4. The molecule has 3 aromatic carbocycles. The topological polar surface area (TPSA) is 92.2 Å². The van der Waals surface area contributed by atoms with E-state index in [-0.39, 0.29) is 18.9 Å². The number of carbonyl (C=O) groups excluding carboxylic acids is 1. The number of nitrogens with one attached hydrogen (secondary N) is 1. The maximum absolute atomic E-state index is 12.2. The van der Waals surface area contributed by atoms with E-state index in [1.807, 2.05) is 72.8 Å². The second-order valence-electron chi connectivity index (χ2n) is 7.62. The van der Waals surface area contributed by atoms with Crippen LogP contribution in [0.5, 0.6) is 0 Å². The molecule has 0 radical (unpaired) electrons. The number of hydrogen-bond acceptors (Lipinski definition) is 6. The average molecular weight is 516 g/mol. The molecule has 0 unspecified atom stereocenters. The Bertz CT molecular complexity index is 1530. The first kappa shape index (κ1) is 26.7. The summed E-state index contributed by atoms with van der Waals surface area (Å²) in [5, 5.41) is 13.4. The zero-order chi connectivity index (χ0) is 24.8. The van der Waals surface area contributed by atoms with Crippen LogP contribution < -0.4 is 5.32 Å². The summed E-state index contributed by atoms with van der Waals surface area (Å²) in [4.78, 5) is 32.8. The molecule has 2 aromatic heterocycles. The predicted molar refractivity (Wildman–Crippen MR) is 149 cm³/mol. The summed E-state index contributed by atoms with van der Waals surface area (Å²) in [7, 11) is 0. The average Bonchev–Trinajstić information content (AvgIpc) is 2.88. The van der Waals surface area contributed by atoms with Gasteiger partial charge in [0.05, 0.1) is 22.2 Å². The molecule has 0 atom stereocenters. The second kappa shape index (κ2) is 12.2. The monoisotopic (exact) mass is 515 g/mol. The van der Waals surface area contributed by atoms with Gasteiger partial charge in [0, 0.05) is 39.5 Å². The summed E-state index contributed by atoms with van der Waals surface area (Å²) in [5.41, 5.74) is 3.34. The first-order valence-corrected chi connectivity index (χ1v) is 11.5. The van der Waals surface area contributed by atoms with E-state index in [0.29, 0.717) is 12.1 Å². The number of para-hydroxylation sites is 2. The van der Waals surface area contributed by atoms with Crippen LogP contribution in [0.3, 0.4) is 0 Å². The van der Waals surface area contributed by atoms with E-state index in [4.69, 9.17) is 5.11 Å². The van der Waals surface area contributed by atoms with E-state index < -0.39 is 5.97 Å².